The van der Waals surface area contributed by atoms with Gasteiger partial charge in [-0.05, 0) is 19.3 Å². The van der Waals surface area contributed by atoms with Gasteiger partial charge in [0.15, 0.2) is 6.10 Å². The van der Waals surface area contributed by atoms with Crippen LogP contribution in [-0.4, -0.2) is 55.9 Å². The number of nitrogens with one attached hydrogen (secondary N) is 1. The van der Waals surface area contributed by atoms with Crippen molar-refractivity contribution in [3.8, 4) is 0 Å². The van der Waals surface area contributed by atoms with E-state index in [4.69, 9.17) is 9.47 Å². The molecule has 126 valence electrons. The Morgan fingerprint density at radius 3 is 2.55 bits per heavy atom. The monoisotopic (exact) mass is 312 g/mol. The Kier molecular flexibility index (Phi) is 6.96. The lowest BCUT2D eigenvalue weighted by molar-refractivity contribution is -0.131. The third-order valence-corrected chi connectivity index (χ3v) is 4.43. The minimum Gasteiger partial charge on any atom is -0.436 e. The molecule has 0 spiro atoms. The van der Waals surface area contributed by atoms with Gasteiger partial charge in [-0.25, -0.2) is 4.79 Å². The minimum absolute atomic E-state index is 0.172. The molecule has 0 aromatic carbocycles. The van der Waals surface area contributed by atoms with Gasteiger partial charge >= 0.3 is 6.09 Å². The smallest absolute Gasteiger partial charge is 0.410 e. The summed E-state index contributed by atoms with van der Waals surface area (Å²) >= 11 is 0. The van der Waals surface area contributed by atoms with Gasteiger partial charge in [0.2, 0.25) is 0 Å². The molecule has 0 unspecified atom stereocenters. The number of carbonyl (C=O) groups excluding carboxylic acids is 2. The molecule has 6 nitrogen and oxygen atoms in total. The summed E-state index contributed by atoms with van der Waals surface area (Å²) in [6.45, 7) is 4.55. The molecule has 0 aromatic rings. The minimum atomic E-state index is -0.668. The van der Waals surface area contributed by atoms with Crippen LogP contribution in [0.15, 0.2) is 0 Å². The van der Waals surface area contributed by atoms with Crippen LogP contribution < -0.4 is 5.32 Å². The summed E-state index contributed by atoms with van der Waals surface area (Å²) in [5, 5.41) is 2.78. The molecule has 2 amide bonds. The predicted molar refractivity (Wildman–Crippen MR) is 82.5 cm³/mol. The molecule has 1 aliphatic heterocycles. The van der Waals surface area contributed by atoms with Crippen molar-refractivity contribution in [1.29, 1.82) is 0 Å². The summed E-state index contributed by atoms with van der Waals surface area (Å²) in [5.41, 5.74) is 0. The Morgan fingerprint density at radius 1 is 1.23 bits per heavy atom. The summed E-state index contributed by atoms with van der Waals surface area (Å²) < 4.78 is 10.8. The predicted octanol–water partition coefficient (Wildman–Crippen LogP) is 1.93. The largest absolute Gasteiger partial charge is 0.436 e. The van der Waals surface area contributed by atoms with Gasteiger partial charge < -0.3 is 19.7 Å². The molecule has 1 N–H and O–H groups in total. The van der Waals surface area contributed by atoms with Crippen molar-refractivity contribution < 1.29 is 19.1 Å². The van der Waals surface area contributed by atoms with Crippen LogP contribution in [0.1, 0.15) is 45.4 Å². The molecule has 1 aliphatic carbocycles. The molecular formula is C16H28N2O4. The Bertz CT molecular complexity index is 363. The molecule has 2 rings (SSSR count). The molecule has 0 radical (unpaired) electrons. The molecule has 1 saturated heterocycles. The number of nitrogens with zero attached hydrogens (tertiary/aromatic N) is 1. The molecule has 1 saturated carbocycles. The van der Waals surface area contributed by atoms with Crippen molar-refractivity contribution in [2.24, 2.45) is 5.92 Å². The fourth-order valence-electron chi connectivity index (χ4n) is 3.16. The first kappa shape index (κ1) is 17.1. The average Bonchev–Trinajstić information content (AvgIpc) is 2.56. The highest BCUT2D eigenvalue weighted by atomic mass is 16.6. The second-order valence-electron chi connectivity index (χ2n) is 6.11. The van der Waals surface area contributed by atoms with E-state index < -0.39 is 12.2 Å². The SMILES string of the molecule is CCNC(=O)[C@H](CC1CCCCC1)OC(=O)N1CCOCC1. The Labute approximate surface area is 132 Å². The van der Waals surface area contributed by atoms with Gasteiger partial charge in [-0.1, -0.05) is 32.1 Å². The zero-order chi connectivity index (χ0) is 15.8. The number of rotatable bonds is 5. The van der Waals surface area contributed by atoms with Crippen LogP contribution in [0.3, 0.4) is 0 Å². The van der Waals surface area contributed by atoms with Crippen molar-refractivity contribution in [2.75, 3.05) is 32.8 Å². The fourth-order valence-corrected chi connectivity index (χ4v) is 3.16. The molecule has 2 aliphatic rings. The van der Waals surface area contributed by atoms with Crippen LogP contribution in [-0.2, 0) is 14.3 Å². The lowest BCUT2D eigenvalue weighted by atomic mass is 9.85. The maximum absolute atomic E-state index is 12.2. The standard InChI is InChI=1S/C16H28N2O4/c1-2-17-15(19)14(12-13-6-4-3-5-7-13)22-16(20)18-8-10-21-11-9-18/h13-14H,2-12H2,1H3,(H,17,19)/t14-/m0/s1. The van der Waals surface area contributed by atoms with Crippen LogP contribution in [0.25, 0.3) is 0 Å². The van der Waals surface area contributed by atoms with Gasteiger partial charge in [-0.3, -0.25) is 4.79 Å². The number of ether oxygens (including phenoxy) is 2. The van der Waals surface area contributed by atoms with Crippen molar-refractivity contribution in [3.63, 3.8) is 0 Å². The number of morpholine rings is 1. The van der Waals surface area contributed by atoms with Crippen LogP contribution in [0.5, 0.6) is 0 Å². The zero-order valence-electron chi connectivity index (χ0n) is 13.5. The second kappa shape index (κ2) is 8.98. The third kappa shape index (κ3) is 5.16. The van der Waals surface area contributed by atoms with Crippen molar-refractivity contribution in [1.82, 2.24) is 10.2 Å². The Morgan fingerprint density at radius 2 is 1.91 bits per heavy atom. The first-order valence-corrected chi connectivity index (χ1v) is 8.51. The molecule has 1 heterocycles. The van der Waals surface area contributed by atoms with E-state index >= 15 is 0 Å². The first-order valence-electron chi connectivity index (χ1n) is 8.51. The second-order valence-corrected chi connectivity index (χ2v) is 6.11. The van der Waals surface area contributed by atoms with E-state index in [0.29, 0.717) is 45.2 Å². The van der Waals surface area contributed by atoms with E-state index in [1.807, 2.05) is 6.92 Å². The van der Waals surface area contributed by atoms with Crippen molar-refractivity contribution in [2.45, 2.75) is 51.6 Å². The van der Waals surface area contributed by atoms with Gasteiger partial charge in [0.25, 0.3) is 5.91 Å². The van der Waals surface area contributed by atoms with Crippen molar-refractivity contribution in [3.05, 3.63) is 0 Å². The van der Waals surface area contributed by atoms with E-state index in [9.17, 15) is 9.59 Å². The Balaban J connectivity index is 1.90. The highest BCUT2D eigenvalue weighted by Gasteiger charge is 2.29. The van der Waals surface area contributed by atoms with E-state index in [-0.39, 0.29) is 5.91 Å². The summed E-state index contributed by atoms with van der Waals surface area (Å²) in [7, 11) is 0. The van der Waals surface area contributed by atoms with Gasteiger partial charge in [0, 0.05) is 19.6 Å². The quantitative estimate of drug-likeness (QED) is 0.842. The highest BCUT2D eigenvalue weighted by molar-refractivity contribution is 5.83. The summed E-state index contributed by atoms with van der Waals surface area (Å²) in [6.07, 6.45) is 5.54. The van der Waals surface area contributed by atoms with Crippen LogP contribution >= 0.6 is 0 Å². The van der Waals surface area contributed by atoms with Crippen LogP contribution in [0, 0.1) is 5.92 Å². The molecule has 0 bridgehead atoms. The van der Waals surface area contributed by atoms with E-state index in [1.54, 1.807) is 4.90 Å². The summed E-state index contributed by atoms with van der Waals surface area (Å²) in [5.74, 6) is 0.313. The van der Waals surface area contributed by atoms with Crippen LogP contribution in [0.2, 0.25) is 0 Å². The lowest BCUT2D eigenvalue weighted by Gasteiger charge is -2.30. The number of amides is 2. The molecule has 0 aromatic heterocycles. The number of hydrogen-bond donors (Lipinski definition) is 1. The molecule has 1 atom stereocenters. The van der Waals surface area contributed by atoms with E-state index in [2.05, 4.69) is 5.32 Å². The van der Waals surface area contributed by atoms with Gasteiger partial charge in [-0.15, -0.1) is 0 Å². The molecule has 22 heavy (non-hydrogen) atoms. The lowest BCUT2D eigenvalue weighted by Crippen LogP contribution is -2.46. The first-order chi connectivity index (χ1) is 10.7. The number of hydrogen-bond acceptors (Lipinski definition) is 4. The van der Waals surface area contributed by atoms with Crippen LogP contribution in [0.4, 0.5) is 4.79 Å². The highest BCUT2D eigenvalue weighted by Crippen LogP contribution is 2.28. The third-order valence-electron chi connectivity index (χ3n) is 4.43. The fraction of sp³-hybridized carbons (Fsp3) is 0.875. The van der Waals surface area contributed by atoms with E-state index in [0.717, 1.165) is 12.8 Å². The van der Waals surface area contributed by atoms with Gasteiger partial charge in [0.05, 0.1) is 13.2 Å². The van der Waals surface area contributed by atoms with Crippen molar-refractivity contribution >= 4 is 12.0 Å². The zero-order valence-corrected chi connectivity index (χ0v) is 13.5. The maximum Gasteiger partial charge on any atom is 0.410 e. The normalized spacial score (nSPS) is 21.2. The molecule has 2 fully saturated rings. The number of likely N-dealkylation sites (N-methyl/N-ethyl adjacent to an activating group) is 1. The molecular weight excluding hydrogens is 284 g/mol. The Hall–Kier alpha value is -1.30. The topological polar surface area (TPSA) is 67.9 Å². The summed E-state index contributed by atoms with van der Waals surface area (Å²) in [6, 6.07) is 0. The maximum atomic E-state index is 12.2. The molecule has 6 heteroatoms. The number of carbonyl (C=O) groups is 2. The summed E-state index contributed by atoms with van der Waals surface area (Å²) in [4.78, 5) is 26.1. The van der Waals surface area contributed by atoms with Gasteiger partial charge in [-0.2, -0.15) is 0 Å². The average molecular weight is 312 g/mol. The van der Waals surface area contributed by atoms with Gasteiger partial charge in [0.1, 0.15) is 0 Å². The van der Waals surface area contributed by atoms with E-state index in [1.165, 1.54) is 19.3 Å².